The van der Waals surface area contributed by atoms with E-state index in [0.29, 0.717) is 0 Å². The molecule has 1 rings (SSSR count). The van der Waals surface area contributed by atoms with Crippen molar-refractivity contribution in [1.82, 2.24) is 15.5 Å². The molecule has 8 nitrogen and oxygen atoms in total. The van der Waals surface area contributed by atoms with Gasteiger partial charge in [0.25, 0.3) is 0 Å². The molecule has 96 valence electrons. The van der Waals surface area contributed by atoms with Gasteiger partial charge in [0.1, 0.15) is 6.04 Å². The van der Waals surface area contributed by atoms with Crippen molar-refractivity contribution in [3.05, 3.63) is 0 Å². The van der Waals surface area contributed by atoms with E-state index in [1.165, 1.54) is 7.05 Å². The fourth-order valence-electron chi connectivity index (χ4n) is 1.62. The summed E-state index contributed by atoms with van der Waals surface area (Å²) < 4.78 is 0. The number of urea groups is 1. The van der Waals surface area contributed by atoms with Gasteiger partial charge in [-0.1, -0.05) is 0 Å². The van der Waals surface area contributed by atoms with Gasteiger partial charge in [-0.05, 0) is 0 Å². The third-order valence-corrected chi connectivity index (χ3v) is 2.50. The Hall–Kier alpha value is -1.83. The fourth-order valence-corrected chi connectivity index (χ4v) is 1.62. The van der Waals surface area contributed by atoms with E-state index in [1.807, 2.05) is 0 Å². The van der Waals surface area contributed by atoms with E-state index in [-0.39, 0.29) is 25.4 Å². The molecule has 0 unspecified atom stereocenters. The van der Waals surface area contributed by atoms with Gasteiger partial charge in [0.15, 0.2) is 0 Å². The van der Waals surface area contributed by atoms with Gasteiger partial charge in [-0.2, -0.15) is 0 Å². The van der Waals surface area contributed by atoms with Crippen molar-refractivity contribution in [3.63, 3.8) is 0 Å². The summed E-state index contributed by atoms with van der Waals surface area (Å²) >= 11 is 0. The molecule has 17 heavy (non-hydrogen) atoms. The molecule has 0 aromatic rings. The number of aliphatic carboxylic acids is 1. The number of aliphatic hydroxyl groups is 1. The maximum Gasteiger partial charge on any atom is 0.326 e. The van der Waals surface area contributed by atoms with Gasteiger partial charge in [-0.3, -0.25) is 4.79 Å². The van der Waals surface area contributed by atoms with Crippen molar-refractivity contribution >= 4 is 17.9 Å². The number of carboxylic acid groups (broad SMARTS) is 1. The van der Waals surface area contributed by atoms with E-state index in [4.69, 9.17) is 5.11 Å². The van der Waals surface area contributed by atoms with Crippen LogP contribution in [0.5, 0.6) is 0 Å². The molecule has 0 radical (unpaired) electrons. The molecule has 1 saturated heterocycles. The summed E-state index contributed by atoms with van der Waals surface area (Å²) in [5, 5.41) is 22.8. The first-order valence-corrected chi connectivity index (χ1v) is 5.11. The second kappa shape index (κ2) is 5.48. The maximum absolute atomic E-state index is 11.6. The molecule has 1 heterocycles. The Labute approximate surface area is 97.6 Å². The van der Waals surface area contributed by atoms with Crippen LogP contribution in [0.1, 0.15) is 6.42 Å². The number of hydrogen-bond donors (Lipinski definition) is 4. The van der Waals surface area contributed by atoms with Crippen LogP contribution in [0.3, 0.4) is 0 Å². The number of β-amino-alcohol motifs (C(OH)–C–C–N with tert-alkyl or cyclic N) is 1. The lowest BCUT2D eigenvalue weighted by Gasteiger charge is -2.21. The number of rotatable bonds is 3. The SMILES string of the molecule is CNC(=O)CNC(=O)N1C[C@@H](O)C[C@H]1C(=O)O. The molecule has 1 aliphatic rings. The smallest absolute Gasteiger partial charge is 0.326 e. The number of carbonyl (C=O) groups excluding carboxylic acids is 2. The summed E-state index contributed by atoms with van der Waals surface area (Å²) in [5.41, 5.74) is 0. The van der Waals surface area contributed by atoms with E-state index in [2.05, 4.69) is 10.6 Å². The van der Waals surface area contributed by atoms with Crippen LogP contribution >= 0.6 is 0 Å². The molecule has 2 atom stereocenters. The molecule has 1 aliphatic heterocycles. The Bertz CT molecular complexity index is 333. The van der Waals surface area contributed by atoms with Gasteiger partial charge in [0.2, 0.25) is 5.91 Å². The normalized spacial score (nSPS) is 23.3. The summed E-state index contributed by atoms with van der Waals surface area (Å²) in [7, 11) is 1.42. The lowest BCUT2D eigenvalue weighted by atomic mass is 10.2. The molecule has 0 aromatic heterocycles. The van der Waals surface area contributed by atoms with Crippen LogP contribution in [0.15, 0.2) is 0 Å². The Balaban J connectivity index is 2.55. The lowest BCUT2D eigenvalue weighted by molar-refractivity contribution is -0.141. The number of likely N-dealkylation sites (N-methyl/N-ethyl adjacent to an activating group) is 1. The Morgan fingerprint density at radius 3 is 2.59 bits per heavy atom. The van der Waals surface area contributed by atoms with E-state index in [0.717, 1.165) is 4.90 Å². The summed E-state index contributed by atoms with van der Waals surface area (Å²) in [6.07, 6.45) is -0.843. The standard InChI is InChI=1S/C9H15N3O5/c1-10-7(14)3-11-9(17)12-4-5(13)2-6(12)8(15)16/h5-6,13H,2-4H2,1H3,(H,10,14)(H,11,17)(H,15,16)/t5-,6-/m0/s1. The van der Waals surface area contributed by atoms with Crippen molar-refractivity contribution in [1.29, 1.82) is 0 Å². The summed E-state index contributed by atoms with van der Waals surface area (Å²) in [5.74, 6) is -1.55. The van der Waals surface area contributed by atoms with Gasteiger partial charge in [0.05, 0.1) is 12.6 Å². The lowest BCUT2D eigenvalue weighted by Crippen LogP contribution is -2.48. The number of nitrogens with one attached hydrogen (secondary N) is 2. The molecule has 4 N–H and O–H groups in total. The van der Waals surface area contributed by atoms with Gasteiger partial charge in [0, 0.05) is 20.0 Å². The molecule has 8 heteroatoms. The highest BCUT2D eigenvalue weighted by molar-refractivity contribution is 5.87. The molecular weight excluding hydrogens is 230 g/mol. The molecule has 0 aliphatic carbocycles. The molecule has 0 bridgehead atoms. The zero-order valence-electron chi connectivity index (χ0n) is 9.34. The Kier molecular flexibility index (Phi) is 4.27. The van der Waals surface area contributed by atoms with E-state index in [9.17, 15) is 19.5 Å². The van der Waals surface area contributed by atoms with Crippen LogP contribution in [0.4, 0.5) is 4.79 Å². The number of hydrogen-bond acceptors (Lipinski definition) is 4. The van der Waals surface area contributed by atoms with Crippen LogP contribution in [0, 0.1) is 0 Å². The second-order valence-electron chi connectivity index (χ2n) is 3.73. The predicted octanol–water partition coefficient (Wildman–Crippen LogP) is -2.04. The molecular formula is C9H15N3O5. The van der Waals surface area contributed by atoms with Crippen molar-refractivity contribution in [2.24, 2.45) is 0 Å². The van der Waals surface area contributed by atoms with E-state index in [1.54, 1.807) is 0 Å². The number of likely N-dealkylation sites (tertiary alicyclic amines) is 1. The minimum atomic E-state index is -1.17. The van der Waals surface area contributed by atoms with Crippen LogP contribution in [0.25, 0.3) is 0 Å². The van der Waals surface area contributed by atoms with Gasteiger partial charge < -0.3 is 25.7 Å². The quantitative estimate of drug-likeness (QED) is 0.457. The first-order chi connectivity index (χ1) is 7.95. The fraction of sp³-hybridized carbons (Fsp3) is 0.667. The number of aliphatic hydroxyl groups excluding tert-OH is 1. The highest BCUT2D eigenvalue weighted by atomic mass is 16.4. The van der Waals surface area contributed by atoms with E-state index >= 15 is 0 Å². The van der Waals surface area contributed by atoms with Gasteiger partial charge in [-0.15, -0.1) is 0 Å². The Morgan fingerprint density at radius 1 is 1.41 bits per heavy atom. The predicted molar refractivity (Wildman–Crippen MR) is 56.2 cm³/mol. The van der Waals surface area contributed by atoms with Crippen molar-refractivity contribution in [2.75, 3.05) is 20.1 Å². The number of nitrogens with zero attached hydrogens (tertiary/aromatic N) is 1. The molecule has 0 aromatic carbocycles. The summed E-state index contributed by atoms with van der Waals surface area (Å²) in [4.78, 5) is 34.3. The van der Waals surface area contributed by atoms with E-state index < -0.39 is 24.1 Å². The Morgan fingerprint density at radius 2 is 2.06 bits per heavy atom. The van der Waals surface area contributed by atoms with Crippen molar-refractivity contribution in [3.8, 4) is 0 Å². The van der Waals surface area contributed by atoms with Crippen LogP contribution in [0.2, 0.25) is 0 Å². The van der Waals surface area contributed by atoms with Crippen molar-refractivity contribution < 1.29 is 24.6 Å². The van der Waals surface area contributed by atoms with Crippen molar-refractivity contribution in [2.45, 2.75) is 18.6 Å². The number of carboxylic acids is 1. The highest BCUT2D eigenvalue weighted by Crippen LogP contribution is 2.17. The van der Waals surface area contributed by atoms with Gasteiger partial charge in [-0.25, -0.2) is 9.59 Å². The number of carbonyl (C=O) groups is 3. The third-order valence-electron chi connectivity index (χ3n) is 2.50. The first-order valence-electron chi connectivity index (χ1n) is 5.11. The molecule has 0 spiro atoms. The van der Waals surface area contributed by atoms with Crippen LogP contribution in [-0.4, -0.2) is 65.3 Å². The third kappa shape index (κ3) is 3.31. The summed E-state index contributed by atoms with van der Waals surface area (Å²) in [6, 6.07) is -1.72. The largest absolute Gasteiger partial charge is 0.480 e. The highest BCUT2D eigenvalue weighted by Gasteiger charge is 2.38. The van der Waals surface area contributed by atoms with Gasteiger partial charge >= 0.3 is 12.0 Å². The zero-order valence-corrected chi connectivity index (χ0v) is 9.34. The zero-order chi connectivity index (χ0) is 13.0. The summed E-state index contributed by atoms with van der Waals surface area (Å²) in [6.45, 7) is -0.273. The minimum Gasteiger partial charge on any atom is -0.480 e. The van der Waals surface area contributed by atoms with Crippen LogP contribution in [-0.2, 0) is 9.59 Å². The average Bonchev–Trinajstić information content (AvgIpc) is 2.67. The minimum absolute atomic E-state index is 0.00271. The average molecular weight is 245 g/mol. The molecule has 0 saturated carbocycles. The van der Waals surface area contributed by atoms with Crippen LogP contribution < -0.4 is 10.6 Å². The number of amides is 3. The molecule has 3 amide bonds. The molecule has 1 fully saturated rings. The monoisotopic (exact) mass is 245 g/mol. The maximum atomic E-state index is 11.6. The second-order valence-corrected chi connectivity index (χ2v) is 3.73. The topological polar surface area (TPSA) is 119 Å². The first kappa shape index (κ1) is 13.2.